The van der Waals surface area contributed by atoms with Crippen LogP contribution in [0.3, 0.4) is 0 Å². The molecule has 0 heterocycles. The van der Waals surface area contributed by atoms with Crippen LogP contribution in [-0.2, 0) is 20.9 Å². The van der Waals surface area contributed by atoms with Crippen molar-refractivity contribution in [2.75, 3.05) is 25.6 Å². The average molecular weight is 370 g/mol. The van der Waals surface area contributed by atoms with Crippen LogP contribution in [0.4, 0.5) is 5.69 Å². The number of aliphatic hydroxyl groups excluding tert-OH is 1. The Kier molecular flexibility index (Phi) is 7.87. The fraction of sp³-hybridized carbons (Fsp3) is 0.200. The van der Waals surface area contributed by atoms with Gasteiger partial charge < -0.3 is 25.2 Å². The molecule has 0 bridgehead atoms. The first kappa shape index (κ1) is 20.0. The Balaban J connectivity index is 2.16. The number of carbonyl (C=O) groups excluding carboxylic acids is 2. The van der Waals surface area contributed by atoms with Gasteiger partial charge in [-0.05, 0) is 17.7 Å². The van der Waals surface area contributed by atoms with E-state index < -0.39 is 11.9 Å². The number of anilines is 1. The van der Waals surface area contributed by atoms with E-state index in [-0.39, 0.29) is 18.9 Å². The van der Waals surface area contributed by atoms with Gasteiger partial charge in [0.1, 0.15) is 18.1 Å². The van der Waals surface area contributed by atoms with Crippen molar-refractivity contribution >= 4 is 17.6 Å². The summed E-state index contributed by atoms with van der Waals surface area (Å²) in [6.07, 6.45) is 1.07. The molecule has 0 saturated carbocycles. The minimum Gasteiger partial charge on any atom is -0.489 e. The molecule has 0 aliphatic carbocycles. The summed E-state index contributed by atoms with van der Waals surface area (Å²) in [7, 11) is 1.23. The zero-order valence-corrected chi connectivity index (χ0v) is 15.0. The molecule has 7 nitrogen and oxygen atoms in total. The number of benzene rings is 2. The summed E-state index contributed by atoms with van der Waals surface area (Å²) in [5.74, 6) is -0.694. The average Bonchev–Trinajstić information content (AvgIpc) is 2.71. The van der Waals surface area contributed by atoms with E-state index >= 15 is 0 Å². The van der Waals surface area contributed by atoms with Gasteiger partial charge in [0.05, 0.1) is 25.5 Å². The van der Waals surface area contributed by atoms with E-state index in [1.165, 1.54) is 7.11 Å². The third kappa shape index (κ3) is 6.48. The predicted octanol–water partition coefficient (Wildman–Crippen LogP) is 1.84. The number of methoxy groups -OCH3 is 1. The van der Waals surface area contributed by atoms with Crippen LogP contribution >= 0.6 is 0 Å². The maximum atomic E-state index is 12.6. The van der Waals surface area contributed by atoms with E-state index in [0.717, 1.165) is 11.6 Å². The standard InChI is InChI=1S/C20H22N2O5/c1-26-19(24)13-17(20(25)21-14-15-7-3-2-4-8-15)22-16-9-5-6-10-18(16)27-12-11-23/h2-10,13,22-23H,11-12,14H2,1H3,(H,21,25)/b17-13-. The number of ether oxygens (including phenoxy) is 2. The zero-order valence-electron chi connectivity index (χ0n) is 15.0. The normalized spacial score (nSPS) is 10.8. The number of aliphatic hydroxyl groups is 1. The molecular formula is C20H22N2O5. The third-order valence-corrected chi connectivity index (χ3v) is 3.51. The molecule has 2 aromatic rings. The molecule has 0 aliphatic rings. The van der Waals surface area contributed by atoms with Crippen molar-refractivity contribution in [3.63, 3.8) is 0 Å². The van der Waals surface area contributed by atoms with Gasteiger partial charge in [-0.2, -0.15) is 0 Å². The van der Waals surface area contributed by atoms with Gasteiger partial charge in [-0.3, -0.25) is 4.79 Å². The second-order valence-electron chi connectivity index (χ2n) is 5.44. The Labute approximate surface area is 157 Å². The van der Waals surface area contributed by atoms with Crippen LogP contribution in [-0.4, -0.2) is 37.3 Å². The van der Waals surface area contributed by atoms with Gasteiger partial charge in [0.15, 0.2) is 0 Å². The van der Waals surface area contributed by atoms with E-state index in [0.29, 0.717) is 18.0 Å². The Bertz CT molecular complexity index is 790. The Morgan fingerprint density at radius 1 is 1.07 bits per heavy atom. The Morgan fingerprint density at radius 2 is 1.78 bits per heavy atom. The molecule has 0 saturated heterocycles. The van der Waals surface area contributed by atoms with E-state index in [9.17, 15) is 9.59 Å². The van der Waals surface area contributed by atoms with Gasteiger partial charge in [0, 0.05) is 6.54 Å². The van der Waals surface area contributed by atoms with E-state index in [1.807, 2.05) is 30.3 Å². The summed E-state index contributed by atoms with van der Waals surface area (Å²) < 4.78 is 10.1. The molecule has 0 unspecified atom stereocenters. The highest BCUT2D eigenvalue weighted by Crippen LogP contribution is 2.25. The molecule has 0 fully saturated rings. The van der Waals surface area contributed by atoms with Crippen LogP contribution in [0.5, 0.6) is 5.75 Å². The quantitative estimate of drug-likeness (QED) is 0.460. The number of para-hydroxylation sites is 2. The van der Waals surface area contributed by atoms with Gasteiger partial charge in [-0.1, -0.05) is 42.5 Å². The maximum absolute atomic E-state index is 12.6. The molecule has 0 atom stereocenters. The van der Waals surface area contributed by atoms with Crippen molar-refractivity contribution in [1.29, 1.82) is 0 Å². The van der Waals surface area contributed by atoms with Crippen molar-refractivity contribution in [2.24, 2.45) is 0 Å². The van der Waals surface area contributed by atoms with Crippen LogP contribution in [0, 0.1) is 0 Å². The lowest BCUT2D eigenvalue weighted by atomic mass is 10.2. The number of hydrogen-bond acceptors (Lipinski definition) is 6. The van der Waals surface area contributed by atoms with Gasteiger partial charge >= 0.3 is 5.97 Å². The predicted molar refractivity (Wildman–Crippen MR) is 101 cm³/mol. The molecule has 0 aromatic heterocycles. The van der Waals surface area contributed by atoms with Gasteiger partial charge in [0.2, 0.25) is 0 Å². The van der Waals surface area contributed by atoms with Crippen LogP contribution < -0.4 is 15.4 Å². The van der Waals surface area contributed by atoms with Crippen LogP contribution in [0.2, 0.25) is 0 Å². The third-order valence-electron chi connectivity index (χ3n) is 3.51. The highest BCUT2D eigenvalue weighted by molar-refractivity contribution is 6.02. The topological polar surface area (TPSA) is 96.9 Å². The van der Waals surface area contributed by atoms with Gasteiger partial charge in [-0.25, -0.2) is 4.79 Å². The first-order chi connectivity index (χ1) is 13.1. The van der Waals surface area contributed by atoms with Crippen molar-refractivity contribution < 1.29 is 24.2 Å². The van der Waals surface area contributed by atoms with E-state index in [1.54, 1.807) is 24.3 Å². The molecule has 0 aliphatic heterocycles. The minimum atomic E-state index is -0.666. The lowest BCUT2D eigenvalue weighted by Crippen LogP contribution is -2.28. The second kappa shape index (κ2) is 10.6. The van der Waals surface area contributed by atoms with Crippen LogP contribution in [0.25, 0.3) is 0 Å². The van der Waals surface area contributed by atoms with E-state index in [4.69, 9.17) is 9.84 Å². The molecule has 142 valence electrons. The van der Waals surface area contributed by atoms with Crippen LogP contribution in [0.1, 0.15) is 5.56 Å². The van der Waals surface area contributed by atoms with Crippen LogP contribution in [0.15, 0.2) is 66.4 Å². The molecule has 27 heavy (non-hydrogen) atoms. The molecule has 1 amide bonds. The Hall–Kier alpha value is -3.32. The summed E-state index contributed by atoms with van der Waals surface area (Å²) in [5, 5.41) is 14.6. The highest BCUT2D eigenvalue weighted by Gasteiger charge is 2.14. The largest absolute Gasteiger partial charge is 0.489 e. The molecule has 0 spiro atoms. The summed E-state index contributed by atoms with van der Waals surface area (Å²) in [6.45, 7) is 0.272. The Morgan fingerprint density at radius 3 is 2.48 bits per heavy atom. The number of hydrogen-bond donors (Lipinski definition) is 3. The van der Waals surface area contributed by atoms with Crippen molar-refractivity contribution in [1.82, 2.24) is 5.32 Å². The van der Waals surface area contributed by atoms with Gasteiger partial charge in [0.25, 0.3) is 5.91 Å². The lowest BCUT2D eigenvalue weighted by molar-refractivity contribution is -0.135. The SMILES string of the molecule is COC(=O)/C=C(\Nc1ccccc1OCCO)C(=O)NCc1ccccc1. The smallest absolute Gasteiger partial charge is 0.332 e. The first-order valence-corrected chi connectivity index (χ1v) is 8.35. The van der Waals surface area contributed by atoms with Crippen molar-refractivity contribution in [2.45, 2.75) is 6.54 Å². The number of nitrogens with one attached hydrogen (secondary N) is 2. The number of carbonyl (C=O) groups is 2. The van der Waals surface area contributed by atoms with Crippen molar-refractivity contribution in [3.05, 3.63) is 71.9 Å². The summed E-state index contributed by atoms with van der Waals surface area (Å²) >= 11 is 0. The van der Waals surface area contributed by atoms with E-state index in [2.05, 4.69) is 15.4 Å². The fourth-order valence-electron chi connectivity index (χ4n) is 2.21. The fourth-order valence-corrected chi connectivity index (χ4v) is 2.21. The van der Waals surface area contributed by atoms with Crippen molar-refractivity contribution in [3.8, 4) is 5.75 Å². The zero-order chi connectivity index (χ0) is 19.5. The van der Waals surface area contributed by atoms with Gasteiger partial charge in [-0.15, -0.1) is 0 Å². The highest BCUT2D eigenvalue weighted by atomic mass is 16.5. The summed E-state index contributed by atoms with van der Waals surface area (Å²) in [5.41, 5.74) is 1.42. The summed E-state index contributed by atoms with van der Waals surface area (Å²) in [6, 6.07) is 16.3. The molecule has 3 N–H and O–H groups in total. The molecule has 2 aromatic carbocycles. The monoisotopic (exact) mass is 370 g/mol. The molecule has 0 radical (unpaired) electrons. The number of esters is 1. The first-order valence-electron chi connectivity index (χ1n) is 8.35. The molecular weight excluding hydrogens is 348 g/mol. The maximum Gasteiger partial charge on any atom is 0.332 e. The molecule has 7 heteroatoms. The minimum absolute atomic E-state index is 0.0119. The molecule has 2 rings (SSSR count). The summed E-state index contributed by atoms with van der Waals surface area (Å²) in [4.78, 5) is 24.2. The lowest BCUT2D eigenvalue weighted by Gasteiger charge is -2.15. The number of rotatable bonds is 9. The number of amides is 1. The second-order valence-corrected chi connectivity index (χ2v) is 5.44.